The summed E-state index contributed by atoms with van der Waals surface area (Å²) in [6.45, 7) is 0.0772. The molecule has 1 N–H and O–H groups in total. The van der Waals surface area contributed by atoms with Crippen molar-refractivity contribution in [2.75, 3.05) is 0 Å². The predicted molar refractivity (Wildman–Crippen MR) is 43.3 cm³/mol. The van der Waals surface area contributed by atoms with Gasteiger partial charge in [-0.05, 0) is 29.2 Å². The van der Waals surface area contributed by atoms with Crippen molar-refractivity contribution in [3.05, 3.63) is 23.8 Å². The minimum absolute atomic E-state index is 0.0772. The lowest BCUT2D eigenvalue weighted by atomic mass is 10.2. The maximum atomic E-state index is 8.80. The van der Waals surface area contributed by atoms with Crippen LogP contribution in [-0.2, 0) is 6.61 Å². The quantitative estimate of drug-likeness (QED) is 0.692. The average Bonchev–Trinajstić information content (AvgIpc) is 2.50. The summed E-state index contributed by atoms with van der Waals surface area (Å²) in [6.07, 6.45) is 0. The first-order chi connectivity index (χ1) is 5.40. The van der Waals surface area contributed by atoms with E-state index in [2.05, 4.69) is 9.59 Å². The molecule has 0 amide bonds. The first-order valence-electron chi connectivity index (χ1n) is 3.22. The predicted octanol–water partition coefficient (Wildman–Crippen LogP) is 1.18. The van der Waals surface area contributed by atoms with Gasteiger partial charge in [0.1, 0.15) is 5.52 Å². The molecule has 0 saturated carbocycles. The summed E-state index contributed by atoms with van der Waals surface area (Å²) in [5.74, 6) is 0. The van der Waals surface area contributed by atoms with Crippen molar-refractivity contribution < 1.29 is 5.11 Å². The normalized spacial score (nSPS) is 10.6. The van der Waals surface area contributed by atoms with Crippen LogP contribution in [0.4, 0.5) is 0 Å². The van der Waals surface area contributed by atoms with Gasteiger partial charge in [0.05, 0.1) is 11.3 Å². The van der Waals surface area contributed by atoms with E-state index in [1.54, 1.807) is 0 Å². The van der Waals surface area contributed by atoms with E-state index in [9.17, 15) is 0 Å². The van der Waals surface area contributed by atoms with Gasteiger partial charge >= 0.3 is 0 Å². The van der Waals surface area contributed by atoms with Crippen molar-refractivity contribution >= 4 is 21.7 Å². The largest absolute Gasteiger partial charge is 0.392 e. The topological polar surface area (TPSA) is 46.0 Å². The first-order valence-corrected chi connectivity index (χ1v) is 3.99. The Morgan fingerprint density at radius 3 is 3.18 bits per heavy atom. The number of nitrogens with zero attached hydrogens (tertiary/aromatic N) is 2. The lowest BCUT2D eigenvalue weighted by Crippen LogP contribution is -1.80. The second kappa shape index (κ2) is 2.56. The third-order valence-electron chi connectivity index (χ3n) is 1.49. The molecule has 0 aliphatic heterocycles. The van der Waals surface area contributed by atoms with E-state index in [-0.39, 0.29) is 6.61 Å². The molecule has 4 heteroatoms. The molecule has 0 radical (unpaired) electrons. The summed E-state index contributed by atoms with van der Waals surface area (Å²) in [5.41, 5.74) is 1.80. The zero-order valence-electron chi connectivity index (χ0n) is 5.69. The Balaban J connectivity index is 2.67. The molecule has 1 heterocycles. The summed E-state index contributed by atoms with van der Waals surface area (Å²) < 4.78 is 4.81. The van der Waals surface area contributed by atoms with Gasteiger partial charge in [-0.2, -0.15) is 0 Å². The molecule has 1 aromatic carbocycles. The zero-order chi connectivity index (χ0) is 7.68. The monoisotopic (exact) mass is 166 g/mol. The van der Waals surface area contributed by atoms with Gasteiger partial charge in [0.25, 0.3) is 0 Å². The molecule has 2 aromatic rings. The summed E-state index contributed by atoms with van der Waals surface area (Å²) in [4.78, 5) is 0. The van der Waals surface area contributed by atoms with Crippen LogP contribution in [0, 0.1) is 0 Å². The molecule has 0 fully saturated rings. The second-order valence-corrected chi connectivity index (χ2v) is 3.02. The van der Waals surface area contributed by atoms with Crippen molar-refractivity contribution in [1.29, 1.82) is 0 Å². The van der Waals surface area contributed by atoms with Crippen LogP contribution < -0.4 is 0 Å². The van der Waals surface area contributed by atoms with Crippen LogP contribution in [-0.4, -0.2) is 14.7 Å². The van der Waals surface area contributed by atoms with Gasteiger partial charge in [-0.3, -0.25) is 0 Å². The molecule has 11 heavy (non-hydrogen) atoms. The molecule has 1 aromatic heterocycles. The molecule has 0 bridgehead atoms. The maximum Gasteiger partial charge on any atom is 0.105 e. The van der Waals surface area contributed by atoms with E-state index in [0.29, 0.717) is 0 Å². The smallest absolute Gasteiger partial charge is 0.105 e. The Hall–Kier alpha value is -1.00. The Morgan fingerprint density at radius 1 is 1.45 bits per heavy atom. The van der Waals surface area contributed by atoms with Crippen LogP contribution in [0.2, 0.25) is 0 Å². The Bertz CT molecular complexity index is 371. The van der Waals surface area contributed by atoms with E-state index in [1.807, 2.05) is 18.2 Å². The molecule has 0 unspecified atom stereocenters. The van der Waals surface area contributed by atoms with Crippen molar-refractivity contribution in [2.45, 2.75) is 6.61 Å². The Labute approximate surface area is 67.5 Å². The van der Waals surface area contributed by atoms with Gasteiger partial charge in [-0.1, -0.05) is 10.6 Å². The fourth-order valence-corrected chi connectivity index (χ4v) is 1.54. The highest BCUT2D eigenvalue weighted by molar-refractivity contribution is 7.12. The Kier molecular flexibility index (Phi) is 1.56. The number of benzene rings is 1. The summed E-state index contributed by atoms with van der Waals surface area (Å²) in [7, 11) is 0. The molecule has 0 aliphatic carbocycles. The molecule has 0 spiro atoms. The third-order valence-corrected chi connectivity index (χ3v) is 2.18. The molecule has 3 nitrogen and oxygen atoms in total. The average molecular weight is 166 g/mol. The fraction of sp³-hybridized carbons (Fsp3) is 0.143. The van der Waals surface area contributed by atoms with E-state index < -0.39 is 0 Å². The number of aromatic nitrogens is 2. The van der Waals surface area contributed by atoms with Gasteiger partial charge in [-0.15, -0.1) is 5.10 Å². The van der Waals surface area contributed by atoms with Crippen LogP contribution in [0.1, 0.15) is 5.56 Å². The number of hydrogen-bond acceptors (Lipinski definition) is 4. The van der Waals surface area contributed by atoms with Crippen LogP contribution in [0.25, 0.3) is 10.2 Å². The lowest BCUT2D eigenvalue weighted by Gasteiger charge is -1.92. The van der Waals surface area contributed by atoms with Gasteiger partial charge < -0.3 is 5.11 Å². The van der Waals surface area contributed by atoms with Crippen LogP contribution >= 0.6 is 11.5 Å². The van der Waals surface area contributed by atoms with E-state index in [1.165, 1.54) is 11.5 Å². The number of aliphatic hydroxyl groups is 1. The maximum absolute atomic E-state index is 8.80. The van der Waals surface area contributed by atoms with Crippen molar-refractivity contribution in [3.63, 3.8) is 0 Å². The number of rotatable bonds is 1. The van der Waals surface area contributed by atoms with Gasteiger partial charge in [-0.25, -0.2) is 0 Å². The van der Waals surface area contributed by atoms with Crippen molar-refractivity contribution in [2.24, 2.45) is 0 Å². The van der Waals surface area contributed by atoms with Crippen LogP contribution in [0.15, 0.2) is 18.2 Å². The minimum atomic E-state index is 0.0772. The van der Waals surface area contributed by atoms with Crippen molar-refractivity contribution in [3.8, 4) is 0 Å². The molecule has 0 saturated heterocycles. The number of fused-ring (bicyclic) bond motifs is 1. The van der Waals surface area contributed by atoms with Crippen LogP contribution in [0.5, 0.6) is 0 Å². The fourth-order valence-electron chi connectivity index (χ4n) is 0.921. The van der Waals surface area contributed by atoms with E-state index in [4.69, 9.17) is 5.11 Å². The molecular formula is C7H6N2OS. The minimum Gasteiger partial charge on any atom is -0.392 e. The highest BCUT2D eigenvalue weighted by atomic mass is 32.1. The highest BCUT2D eigenvalue weighted by Crippen LogP contribution is 2.16. The zero-order valence-corrected chi connectivity index (χ0v) is 6.51. The number of aliphatic hydroxyl groups excluding tert-OH is 1. The molecule has 2 rings (SSSR count). The molecule has 0 aliphatic rings. The molecule has 0 atom stereocenters. The lowest BCUT2D eigenvalue weighted by molar-refractivity contribution is 0.282. The first kappa shape index (κ1) is 6.69. The third kappa shape index (κ3) is 1.10. The molecule has 56 valence electrons. The van der Waals surface area contributed by atoms with E-state index >= 15 is 0 Å². The SMILES string of the molecule is OCc1ccc2nnsc2c1. The Morgan fingerprint density at radius 2 is 2.36 bits per heavy atom. The van der Waals surface area contributed by atoms with Gasteiger partial charge in [0, 0.05) is 0 Å². The van der Waals surface area contributed by atoms with Crippen molar-refractivity contribution in [1.82, 2.24) is 9.59 Å². The summed E-state index contributed by atoms with van der Waals surface area (Å²) >= 11 is 1.34. The second-order valence-electron chi connectivity index (χ2n) is 2.23. The summed E-state index contributed by atoms with van der Waals surface area (Å²) in [6, 6.07) is 5.62. The number of hydrogen-bond donors (Lipinski definition) is 1. The van der Waals surface area contributed by atoms with Crippen LogP contribution in [0.3, 0.4) is 0 Å². The van der Waals surface area contributed by atoms with Gasteiger partial charge in [0.2, 0.25) is 0 Å². The highest BCUT2D eigenvalue weighted by Gasteiger charge is 1.97. The molecular weight excluding hydrogens is 160 g/mol. The summed E-state index contributed by atoms with van der Waals surface area (Å²) in [5, 5.41) is 12.7. The van der Waals surface area contributed by atoms with E-state index in [0.717, 1.165) is 15.8 Å². The van der Waals surface area contributed by atoms with Gasteiger partial charge in [0.15, 0.2) is 0 Å². The standard InChI is InChI=1S/C7H6N2OS/c10-4-5-1-2-6-7(3-5)11-9-8-6/h1-3,10H,4H2.